The molecule has 7 nitrogen and oxygen atoms in total. The molecule has 3 rings (SSSR count). The van der Waals surface area contributed by atoms with Crippen molar-refractivity contribution in [2.45, 2.75) is 52.7 Å². The number of esters is 1. The molecule has 0 aliphatic carbocycles. The van der Waals surface area contributed by atoms with Gasteiger partial charge in [-0.2, -0.15) is 0 Å². The van der Waals surface area contributed by atoms with Crippen LogP contribution in [0.25, 0.3) is 0 Å². The van der Waals surface area contributed by atoms with Gasteiger partial charge in [-0.25, -0.2) is 14.6 Å². The normalized spacial score (nSPS) is 16.2. The summed E-state index contributed by atoms with van der Waals surface area (Å²) >= 11 is 0. The highest BCUT2D eigenvalue weighted by molar-refractivity contribution is 5.93. The smallest absolute Gasteiger partial charge is 0.410 e. The highest BCUT2D eigenvalue weighted by Crippen LogP contribution is 2.31. The SMILES string of the molecule is CCN(C(=O)OC(C)(C)C)[C@@H]1CCN(c2ncccc2OC(=O)c2ccccc2C)C1. The van der Waals surface area contributed by atoms with Crippen LogP contribution in [-0.4, -0.2) is 53.2 Å². The Bertz CT molecular complexity index is 938. The largest absolute Gasteiger partial charge is 0.444 e. The van der Waals surface area contributed by atoms with Gasteiger partial charge in [-0.05, 0) is 64.8 Å². The lowest BCUT2D eigenvalue weighted by atomic mass is 10.1. The van der Waals surface area contributed by atoms with Crippen molar-refractivity contribution in [2.24, 2.45) is 0 Å². The molecule has 1 fully saturated rings. The predicted molar refractivity (Wildman–Crippen MR) is 120 cm³/mol. The molecule has 0 saturated carbocycles. The van der Waals surface area contributed by atoms with Crippen molar-refractivity contribution in [3.63, 3.8) is 0 Å². The van der Waals surface area contributed by atoms with Gasteiger partial charge in [-0.1, -0.05) is 18.2 Å². The molecule has 1 aliphatic heterocycles. The van der Waals surface area contributed by atoms with Crippen molar-refractivity contribution in [2.75, 3.05) is 24.5 Å². The van der Waals surface area contributed by atoms with Crippen molar-refractivity contribution in [1.29, 1.82) is 0 Å². The molecule has 2 heterocycles. The van der Waals surface area contributed by atoms with Gasteiger partial charge in [0.15, 0.2) is 11.6 Å². The fraction of sp³-hybridized carbons (Fsp3) is 0.458. The van der Waals surface area contributed by atoms with Gasteiger partial charge < -0.3 is 19.3 Å². The summed E-state index contributed by atoms with van der Waals surface area (Å²) in [5.74, 6) is 0.607. The number of carbonyl (C=O) groups excluding carboxylic acids is 2. The van der Waals surface area contributed by atoms with Crippen molar-refractivity contribution in [3.8, 4) is 5.75 Å². The van der Waals surface area contributed by atoms with Crippen molar-refractivity contribution in [3.05, 3.63) is 53.7 Å². The number of amides is 1. The number of hydrogen-bond donors (Lipinski definition) is 0. The van der Waals surface area contributed by atoms with Crippen LogP contribution in [0.5, 0.6) is 5.75 Å². The molecule has 31 heavy (non-hydrogen) atoms. The average molecular weight is 426 g/mol. The quantitative estimate of drug-likeness (QED) is 0.660. The highest BCUT2D eigenvalue weighted by atomic mass is 16.6. The minimum atomic E-state index is -0.541. The molecule has 1 aliphatic rings. The van der Waals surface area contributed by atoms with Gasteiger partial charge in [0, 0.05) is 25.8 Å². The molecule has 1 aromatic heterocycles. The van der Waals surface area contributed by atoms with Gasteiger partial charge in [0.2, 0.25) is 0 Å². The maximum atomic E-state index is 12.7. The Labute approximate surface area is 184 Å². The summed E-state index contributed by atoms with van der Waals surface area (Å²) in [6.07, 6.45) is 2.16. The zero-order valence-corrected chi connectivity index (χ0v) is 18.9. The standard InChI is InChI=1S/C24H31N3O4/c1-6-27(23(29)31-24(3,4)5)18-13-15-26(16-18)21-20(12-9-14-25-21)30-22(28)19-11-8-7-10-17(19)2/h7-12,14,18H,6,13,15-16H2,1-5H3/t18-/m1/s1. The Morgan fingerprint density at radius 2 is 1.94 bits per heavy atom. The van der Waals surface area contributed by atoms with E-state index >= 15 is 0 Å². The third-order valence-electron chi connectivity index (χ3n) is 5.19. The molecule has 2 aromatic rings. The zero-order chi connectivity index (χ0) is 22.6. The van der Waals surface area contributed by atoms with E-state index in [4.69, 9.17) is 9.47 Å². The first-order chi connectivity index (χ1) is 14.7. The number of anilines is 1. The zero-order valence-electron chi connectivity index (χ0n) is 18.9. The fourth-order valence-electron chi connectivity index (χ4n) is 3.70. The Morgan fingerprint density at radius 3 is 2.61 bits per heavy atom. The average Bonchev–Trinajstić information content (AvgIpc) is 3.17. The lowest BCUT2D eigenvalue weighted by Crippen LogP contribution is -2.44. The van der Waals surface area contributed by atoms with Gasteiger partial charge in [-0.15, -0.1) is 0 Å². The van der Waals surface area contributed by atoms with Crippen LogP contribution in [0.3, 0.4) is 0 Å². The van der Waals surface area contributed by atoms with Gasteiger partial charge in [-0.3, -0.25) is 0 Å². The van der Waals surface area contributed by atoms with Crippen molar-refractivity contribution < 1.29 is 19.1 Å². The number of nitrogens with zero attached hydrogens (tertiary/aromatic N) is 3. The Morgan fingerprint density at radius 1 is 1.19 bits per heavy atom. The molecule has 7 heteroatoms. The van der Waals surface area contributed by atoms with E-state index in [0.717, 1.165) is 12.0 Å². The molecule has 1 amide bonds. The molecule has 0 unspecified atom stereocenters. The topological polar surface area (TPSA) is 72.0 Å². The van der Waals surface area contributed by atoms with E-state index in [2.05, 4.69) is 9.88 Å². The summed E-state index contributed by atoms with van der Waals surface area (Å²) in [4.78, 5) is 33.6. The third kappa shape index (κ3) is 5.54. The van der Waals surface area contributed by atoms with Crippen LogP contribution in [-0.2, 0) is 4.74 Å². The van der Waals surface area contributed by atoms with E-state index in [1.54, 1.807) is 29.3 Å². The summed E-state index contributed by atoms with van der Waals surface area (Å²) < 4.78 is 11.3. The van der Waals surface area contributed by atoms with E-state index in [9.17, 15) is 9.59 Å². The number of benzene rings is 1. The second-order valence-electron chi connectivity index (χ2n) is 8.68. The summed E-state index contributed by atoms with van der Waals surface area (Å²) in [6.45, 7) is 11.3. The molecule has 166 valence electrons. The second kappa shape index (κ2) is 9.37. The van der Waals surface area contributed by atoms with Crippen molar-refractivity contribution in [1.82, 2.24) is 9.88 Å². The summed E-state index contributed by atoms with van der Waals surface area (Å²) in [5, 5.41) is 0. The van der Waals surface area contributed by atoms with Gasteiger partial charge >= 0.3 is 12.1 Å². The van der Waals surface area contributed by atoms with Gasteiger partial charge in [0.1, 0.15) is 5.60 Å². The molecule has 1 atom stereocenters. The van der Waals surface area contributed by atoms with Crippen LogP contribution in [0.4, 0.5) is 10.6 Å². The van der Waals surface area contributed by atoms with E-state index in [0.29, 0.717) is 36.8 Å². The molecular weight excluding hydrogens is 394 g/mol. The first kappa shape index (κ1) is 22.6. The molecule has 0 bridgehead atoms. The first-order valence-electron chi connectivity index (χ1n) is 10.7. The van der Waals surface area contributed by atoms with Crippen LogP contribution in [0, 0.1) is 6.92 Å². The molecular formula is C24H31N3O4. The Kier molecular flexibility index (Phi) is 6.83. The van der Waals surface area contributed by atoms with E-state index in [1.807, 2.05) is 52.8 Å². The van der Waals surface area contributed by atoms with E-state index in [-0.39, 0.29) is 12.1 Å². The van der Waals surface area contributed by atoms with Gasteiger partial charge in [0.05, 0.1) is 11.6 Å². The van der Waals surface area contributed by atoms with Crippen LogP contribution < -0.4 is 9.64 Å². The highest BCUT2D eigenvalue weighted by Gasteiger charge is 2.34. The number of aromatic nitrogens is 1. The third-order valence-corrected chi connectivity index (χ3v) is 5.19. The molecule has 0 N–H and O–H groups in total. The van der Waals surface area contributed by atoms with Crippen molar-refractivity contribution >= 4 is 17.9 Å². The maximum absolute atomic E-state index is 12.7. The Balaban J connectivity index is 1.74. The fourth-order valence-corrected chi connectivity index (χ4v) is 3.70. The second-order valence-corrected chi connectivity index (χ2v) is 8.68. The number of pyridine rings is 1. The predicted octanol–water partition coefficient (Wildman–Crippen LogP) is 4.44. The lowest BCUT2D eigenvalue weighted by Gasteiger charge is -2.31. The maximum Gasteiger partial charge on any atom is 0.410 e. The van der Waals surface area contributed by atoms with Crippen LogP contribution in [0.15, 0.2) is 42.6 Å². The minimum absolute atomic E-state index is 0.00164. The molecule has 1 saturated heterocycles. The number of aryl methyl sites for hydroxylation is 1. The van der Waals surface area contributed by atoms with E-state index < -0.39 is 11.6 Å². The number of carbonyl (C=O) groups is 2. The molecule has 0 spiro atoms. The number of hydrogen-bond acceptors (Lipinski definition) is 6. The van der Waals surface area contributed by atoms with E-state index in [1.165, 1.54) is 0 Å². The summed E-state index contributed by atoms with van der Waals surface area (Å²) in [5.41, 5.74) is 0.842. The minimum Gasteiger partial charge on any atom is -0.444 e. The Hall–Kier alpha value is -3.09. The monoisotopic (exact) mass is 425 g/mol. The summed E-state index contributed by atoms with van der Waals surface area (Å²) in [7, 11) is 0. The van der Waals surface area contributed by atoms with Crippen LogP contribution in [0.2, 0.25) is 0 Å². The van der Waals surface area contributed by atoms with Gasteiger partial charge in [0.25, 0.3) is 0 Å². The number of rotatable bonds is 5. The first-order valence-corrected chi connectivity index (χ1v) is 10.7. The summed E-state index contributed by atoms with van der Waals surface area (Å²) in [6, 6.07) is 10.8. The number of likely N-dealkylation sites (N-methyl/N-ethyl adjacent to an activating group) is 1. The van der Waals surface area contributed by atoms with Crippen LogP contribution >= 0.6 is 0 Å². The molecule has 0 radical (unpaired) electrons. The van der Waals surface area contributed by atoms with Crippen LogP contribution in [0.1, 0.15) is 50.0 Å². The lowest BCUT2D eigenvalue weighted by molar-refractivity contribution is 0.0190. The number of ether oxygens (including phenoxy) is 2. The molecule has 1 aromatic carbocycles.